The van der Waals surface area contributed by atoms with Gasteiger partial charge in [-0.3, -0.25) is 4.79 Å². The van der Waals surface area contributed by atoms with E-state index in [1.807, 2.05) is 24.8 Å². The van der Waals surface area contributed by atoms with Crippen LogP contribution in [0.25, 0.3) is 0 Å². The average molecular weight is 555 g/mol. The van der Waals surface area contributed by atoms with Crippen molar-refractivity contribution < 1.29 is 22.7 Å². The number of benzene rings is 1. The second-order valence-corrected chi connectivity index (χ2v) is 13.7. The standard InChI is InChI=1S/C29H38N4O5S/c1-18(2)38-23-8-4-19(5-9-23)29(34)33-15-20-12-25(39(3,35)36)14-30-28(20)31-26-11-7-21(13-27(26)33)32-16-24-10-6-22(32)17-37-24/h7,11-14,18-19,22-24H,4-6,8-10,15-17H2,1-3H3,(H,30,31). The number of piperidine rings is 1. The number of amides is 1. The van der Waals surface area contributed by atoms with Crippen LogP contribution in [-0.4, -0.2) is 63.1 Å². The second kappa shape index (κ2) is 10.4. The molecule has 10 heteroatoms. The lowest BCUT2D eigenvalue weighted by atomic mass is 9.86. The van der Waals surface area contributed by atoms with Crippen molar-refractivity contribution in [3.63, 3.8) is 0 Å². The molecule has 5 aliphatic rings. The number of carbonyl (C=O) groups excluding carboxylic acids is 1. The van der Waals surface area contributed by atoms with E-state index in [-0.39, 0.29) is 41.6 Å². The molecule has 1 aromatic heterocycles. The summed E-state index contributed by atoms with van der Waals surface area (Å²) >= 11 is 0. The summed E-state index contributed by atoms with van der Waals surface area (Å²) in [7, 11) is -3.44. The second-order valence-electron chi connectivity index (χ2n) is 11.7. The van der Waals surface area contributed by atoms with E-state index in [4.69, 9.17) is 9.47 Å². The Morgan fingerprint density at radius 3 is 2.56 bits per heavy atom. The van der Waals surface area contributed by atoms with Gasteiger partial charge in [0.2, 0.25) is 5.91 Å². The lowest BCUT2D eigenvalue weighted by Crippen LogP contribution is -2.54. The first-order chi connectivity index (χ1) is 18.7. The summed E-state index contributed by atoms with van der Waals surface area (Å²) in [5.74, 6) is 0.533. The van der Waals surface area contributed by atoms with Gasteiger partial charge in [0.1, 0.15) is 5.82 Å². The molecular weight excluding hydrogens is 516 g/mol. The van der Waals surface area contributed by atoms with Crippen LogP contribution in [0.2, 0.25) is 0 Å². The highest BCUT2D eigenvalue weighted by Gasteiger charge is 2.37. The Kier molecular flexibility index (Phi) is 7.05. The first-order valence-electron chi connectivity index (χ1n) is 14.1. The molecule has 5 heterocycles. The van der Waals surface area contributed by atoms with Gasteiger partial charge in [0, 0.05) is 36.2 Å². The molecule has 1 aliphatic carbocycles. The summed E-state index contributed by atoms with van der Waals surface area (Å²) in [5.41, 5.74) is 3.36. The minimum absolute atomic E-state index is 0.0688. The van der Waals surface area contributed by atoms with Gasteiger partial charge in [-0.15, -0.1) is 0 Å². The van der Waals surface area contributed by atoms with Crippen LogP contribution in [0.5, 0.6) is 0 Å². The molecule has 4 aliphatic heterocycles. The number of sulfone groups is 1. The normalized spacial score (nSPS) is 26.6. The lowest BCUT2D eigenvalue weighted by molar-refractivity contribution is -0.124. The molecule has 1 saturated carbocycles. The number of rotatable bonds is 5. The van der Waals surface area contributed by atoms with Crippen LogP contribution in [0.4, 0.5) is 22.9 Å². The van der Waals surface area contributed by atoms with E-state index in [0.717, 1.165) is 68.7 Å². The van der Waals surface area contributed by atoms with Crippen LogP contribution in [0.3, 0.4) is 0 Å². The van der Waals surface area contributed by atoms with E-state index >= 15 is 0 Å². The number of ether oxygens (including phenoxy) is 2. The van der Waals surface area contributed by atoms with E-state index in [2.05, 4.69) is 27.3 Å². The Morgan fingerprint density at radius 2 is 1.92 bits per heavy atom. The number of fused-ring (bicyclic) bond motifs is 5. The van der Waals surface area contributed by atoms with Gasteiger partial charge in [-0.2, -0.15) is 0 Å². The van der Waals surface area contributed by atoms with Gasteiger partial charge in [-0.1, -0.05) is 0 Å². The van der Waals surface area contributed by atoms with Gasteiger partial charge in [-0.05, 0) is 76.6 Å². The molecule has 1 N–H and O–H groups in total. The summed E-state index contributed by atoms with van der Waals surface area (Å²) < 4.78 is 36.6. The van der Waals surface area contributed by atoms with Crippen LogP contribution < -0.4 is 15.1 Å². The first kappa shape index (κ1) is 26.5. The third kappa shape index (κ3) is 5.38. The maximum atomic E-state index is 14.2. The molecule has 1 amide bonds. The van der Waals surface area contributed by atoms with Gasteiger partial charge in [0.05, 0.1) is 53.8 Å². The molecular formula is C29H38N4O5S. The predicted molar refractivity (Wildman–Crippen MR) is 150 cm³/mol. The molecule has 0 radical (unpaired) electrons. The fourth-order valence-corrected chi connectivity index (χ4v) is 7.05. The highest BCUT2D eigenvalue weighted by molar-refractivity contribution is 7.90. The number of anilines is 4. The quantitative estimate of drug-likeness (QED) is 0.580. The molecule has 39 heavy (non-hydrogen) atoms. The Labute approximate surface area is 230 Å². The van der Waals surface area contributed by atoms with Crippen LogP contribution in [0.1, 0.15) is 57.9 Å². The van der Waals surface area contributed by atoms with Crippen molar-refractivity contribution in [2.75, 3.05) is 34.5 Å². The van der Waals surface area contributed by atoms with E-state index in [9.17, 15) is 13.2 Å². The monoisotopic (exact) mass is 554 g/mol. The summed E-state index contributed by atoms with van der Waals surface area (Å²) in [6, 6.07) is 8.20. The maximum Gasteiger partial charge on any atom is 0.230 e. The molecule has 7 rings (SSSR count). The molecule has 1 aromatic carbocycles. The van der Waals surface area contributed by atoms with Crippen LogP contribution in [-0.2, 0) is 30.7 Å². The average Bonchev–Trinajstić information content (AvgIpc) is 3.09. The van der Waals surface area contributed by atoms with Gasteiger partial charge < -0.3 is 24.6 Å². The fourth-order valence-electron chi connectivity index (χ4n) is 6.45. The zero-order valence-electron chi connectivity index (χ0n) is 22.9. The largest absolute Gasteiger partial charge is 0.376 e. The van der Waals surface area contributed by atoms with Crippen molar-refractivity contribution in [1.29, 1.82) is 0 Å². The number of aromatic nitrogens is 1. The van der Waals surface area contributed by atoms with Crippen LogP contribution in [0, 0.1) is 5.92 Å². The number of hydrogen-bond acceptors (Lipinski definition) is 8. The molecule has 0 spiro atoms. The minimum Gasteiger partial charge on any atom is -0.376 e. The Morgan fingerprint density at radius 1 is 1.13 bits per heavy atom. The molecule has 2 aromatic rings. The van der Waals surface area contributed by atoms with E-state index in [1.54, 1.807) is 6.07 Å². The number of morpholine rings is 1. The molecule has 4 fully saturated rings. The molecule has 2 atom stereocenters. The van der Waals surface area contributed by atoms with Gasteiger partial charge in [0.15, 0.2) is 9.84 Å². The van der Waals surface area contributed by atoms with E-state index in [0.29, 0.717) is 17.4 Å². The van der Waals surface area contributed by atoms with Crippen molar-refractivity contribution in [2.24, 2.45) is 5.92 Å². The molecule has 2 unspecified atom stereocenters. The third-order valence-electron chi connectivity index (χ3n) is 8.50. The van der Waals surface area contributed by atoms with Crippen molar-refractivity contribution >= 4 is 38.6 Å². The summed E-state index contributed by atoms with van der Waals surface area (Å²) in [6.45, 7) is 5.93. The SMILES string of the molecule is CC(C)OC1CCC(C(=O)N2Cc3cc(S(C)(=O)=O)cnc3Nc3ccc(N4CC5CCC4CO5)cc32)CC1. The molecule has 9 nitrogen and oxygen atoms in total. The number of carbonyl (C=O) groups is 1. The highest BCUT2D eigenvalue weighted by atomic mass is 32.2. The smallest absolute Gasteiger partial charge is 0.230 e. The number of nitrogens with one attached hydrogen (secondary N) is 1. The zero-order chi connectivity index (χ0) is 27.3. The Bertz CT molecular complexity index is 1350. The number of hydrogen-bond donors (Lipinski definition) is 1. The predicted octanol–water partition coefficient (Wildman–Crippen LogP) is 4.43. The van der Waals surface area contributed by atoms with Crippen molar-refractivity contribution in [1.82, 2.24) is 4.98 Å². The zero-order valence-corrected chi connectivity index (χ0v) is 23.7. The van der Waals surface area contributed by atoms with Crippen LogP contribution in [0.15, 0.2) is 35.4 Å². The topological polar surface area (TPSA) is 101 Å². The molecule has 2 bridgehead atoms. The van der Waals surface area contributed by atoms with Crippen LogP contribution >= 0.6 is 0 Å². The minimum atomic E-state index is -3.44. The van der Waals surface area contributed by atoms with Crippen molar-refractivity contribution in [3.8, 4) is 0 Å². The molecule has 210 valence electrons. The number of nitrogens with zero attached hydrogens (tertiary/aromatic N) is 3. The Hall–Kier alpha value is -2.69. The van der Waals surface area contributed by atoms with Crippen molar-refractivity contribution in [2.45, 2.75) is 88.2 Å². The van der Waals surface area contributed by atoms with Crippen molar-refractivity contribution in [3.05, 3.63) is 36.0 Å². The number of pyridine rings is 1. The van der Waals surface area contributed by atoms with Gasteiger partial charge in [-0.25, -0.2) is 13.4 Å². The lowest BCUT2D eigenvalue weighted by Gasteiger charge is -2.46. The van der Waals surface area contributed by atoms with Gasteiger partial charge in [0.25, 0.3) is 0 Å². The third-order valence-corrected chi connectivity index (χ3v) is 9.58. The summed E-state index contributed by atoms with van der Waals surface area (Å²) in [4.78, 5) is 23.1. The van der Waals surface area contributed by atoms with Gasteiger partial charge >= 0.3 is 0 Å². The summed E-state index contributed by atoms with van der Waals surface area (Å²) in [5, 5.41) is 3.40. The molecule has 3 saturated heterocycles. The first-order valence-corrected chi connectivity index (χ1v) is 16.0. The summed E-state index contributed by atoms with van der Waals surface area (Å²) in [6.07, 6.45) is 8.64. The van der Waals surface area contributed by atoms with E-state index in [1.165, 1.54) is 12.5 Å². The maximum absolute atomic E-state index is 14.2. The Balaban J connectivity index is 1.35. The highest BCUT2D eigenvalue weighted by Crippen LogP contribution is 2.42. The van der Waals surface area contributed by atoms with E-state index < -0.39 is 9.84 Å². The fraction of sp³-hybridized carbons (Fsp3) is 0.586.